The number of amides is 2. The molecule has 7 heteroatoms. The van der Waals surface area contributed by atoms with Crippen LogP contribution in [0.15, 0.2) is 48.5 Å². The van der Waals surface area contributed by atoms with E-state index in [2.05, 4.69) is 15.5 Å². The molecule has 0 atom stereocenters. The molecule has 172 valence electrons. The maximum atomic E-state index is 12.9. The summed E-state index contributed by atoms with van der Waals surface area (Å²) >= 11 is 0. The number of ether oxygens (including phenoxy) is 1. The second-order valence-corrected chi connectivity index (χ2v) is 9.32. The first-order valence-corrected chi connectivity index (χ1v) is 11.3. The maximum absolute atomic E-state index is 12.9. The Morgan fingerprint density at radius 3 is 2.45 bits per heavy atom. The van der Waals surface area contributed by atoms with Crippen LogP contribution in [0.3, 0.4) is 0 Å². The monoisotopic (exact) mass is 446 g/mol. The van der Waals surface area contributed by atoms with Gasteiger partial charge in [0.05, 0.1) is 11.2 Å². The zero-order chi connectivity index (χ0) is 23.4. The van der Waals surface area contributed by atoms with Crippen molar-refractivity contribution in [2.45, 2.75) is 45.3 Å². The second kappa shape index (κ2) is 9.48. The van der Waals surface area contributed by atoms with Gasteiger partial charge in [0.2, 0.25) is 0 Å². The molecule has 33 heavy (non-hydrogen) atoms. The number of nitrogens with one attached hydrogen (secondary N) is 2. The average Bonchev–Trinajstić information content (AvgIpc) is 3.20. The number of piperidine rings is 1. The van der Waals surface area contributed by atoms with Gasteiger partial charge in [-0.05, 0) is 63.5 Å². The molecular formula is C26H30N4O3. The minimum absolute atomic E-state index is 0.0135. The molecule has 1 aromatic heterocycles. The second-order valence-electron chi connectivity index (χ2n) is 9.32. The molecule has 1 saturated heterocycles. The van der Waals surface area contributed by atoms with Crippen molar-refractivity contribution in [1.82, 2.24) is 20.4 Å². The summed E-state index contributed by atoms with van der Waals surface area (Å²) in [5, 5.41) is 11.4. The van der Waals surface area contributed by atoms with Gasteiger partial charge in [-0.2, -0.15) is 5.10 Å². The Bertz CT molecular complexity index is 1150. The molecule has 3 aromatic rings. The van der Waals surface area contributed by atoms with Crippen LogP contribution in [-0.2, 0) is 4.74 Å². The molecule has 0 saturated carbocycles. The van der Waals surface area contributed by atoms with Crippen LogP contribution in [0.4, 0.5) is 4.79 Å². The van der Waals surface area contributed by atoms with E-state index in [0.717, 1.165) is 22.2 Å². The highest BCUT2D eigenvalue weighted by Crippen LogP contribution is 2.19. The standard InChI is InChI=1S/C26H30N4O3/c1-26(2,3)33-25(32)27-20-14-16-30(17-15-20)24(31)19-11-8-18(9-12-19)10-13-23-21-6-4-5-7-22(21)28-29-23/h4-13,20H,14-17H2,1-3H3,(H,27,32)(H,28,29). The summed E-state index contributed by atoms with van der Waals surface area (Å²) in [4.78, 5) is 26.7. The first-order valence-electron chi connectivity index (χ1n) is 11.3. The van der Waals surface area contributed by atoms with E-state index in [1.165, 1.54) is 0 Å². The van der Waals surface area contributed by atoms with Crippen LogP contribution in [-0.4, -0.2) is 51.8 Å². The van der Waals surface area contributed by atoms with Crippen LogP contribution >= 0.6 is 0 Å². The molecule has 0 unspecified atom stereocenters. The number of hydrogen-bond acceptors (Lipinski definition) is 4. The summed E-state index contributed by atoms with van der Waals surface area (Å²) in [6.07, 6.45) is 4.98. The summed E-state index contributed by atoms with van der Waals surface area (Å²) in [5.74, 6) is 0.0135. The lowest BCUT2D eigenvalue weighted by atomic mass is 10.0. The van der Waals surface area contributed by atoms with Gasteiger partial charge in [0.25, 0.3) is 5.91 Å². The van der Waals surface area contributed by atoms with E-state index >= 15 is 0 Å². The molecule has 1 fully saturated rings. The normalized spacial score (nSPS) is 15.2. The number of benzene rings is 2. The predicted octanol–water partition coefficient (Wildman–Crippen LogP) is 4.86. The van der Waals surface area contributed by atoms with Gasteiger partial charge in [0.1, 0.15) is 5.60 Å². The van der Waals surface area contributed by atoms with Crippen LogP contribution in [0.5, 0.6) is 0 Å². The summed E-state index contributed by atoms with van der Waals surface area (Å²) in [5.41, 5.74) is 3.03. The fourth-order valence-corrected chi connectivity index (χ4v) is 3.91. The lowest BCUT2D eigenvalue weighted by Crippen LogP contribution is -2.47. The van der Waals surface area contributed by atoms with Crippen molar-refractivity contribution in [3.8, 4) is 0 Å². The molecule has 0 spiro atoms. The molecule has 1 aliphatic heterocycles. The van der Waals surface area contributed by atoms with Crippen LogP contribution in [0, 0.1) is 0 Å². The Morgan fingerprint density at radius 2 is 1.76 bits per heavy atom. The van der Waals surface area contributed by atoms with Gasteiger partial charge in [-0.25, -0.2) is 4.79 Å². The lowest BCUT2D eigenvalue weighted by molar-refractivity contribution is 0.0473. The van der Waals surface area contributed by atoms with E-state index in [9.17, 15) is 9.59 Å². The van der Waals surface area contributed by atoms with Crippen molar-refractivity contribution in [3.63, 3.8) is 0 Å². The van der Waals surface area contributed by atoms with Gasteiger partial charge in [0.15, 0.2) is 0 Å². The number of para-hydroxylation sites is 1. The van der Waals surface area contributed by atoms with Crippen molar-refractivity contribution >= 4 is 35.1 Å². The van der Waals surface area contributed by atoms with E-state index < -0.39 is 11.7 Å². The Labute approximate surface area is 193 Å². The van der Waals surface area contributed by atoms with Crippen LogP contribution in [0.2, 0.25) is 0 Å². The van der Waals surface area contributed by atoms with E-state index in [-0.39, 0.29) is 11.9 Å². The highest BCUT2D eigenvalue weighted by molar-refractivity contribution is 5.95. The lowest BCUT2D eigenvalue weighted by Gasteiger charge is -2.33. The predicted molar refractivity (Wildman–Crippen MR) is 130 cm³/mol. The van der Waals surface area contributed by atoms with Crippen molar-refractivity contribution in [2.24, 2.45) is 0 Å². The number of aromatic nitrogens is 2. The number of nitrogens with zero attached hydrogens (tertiary/aromatic N) is 2. The van der Waals surface area contributed by atoms with Gasteiger partial charge in [-0.1, -0.05) is 36.4 Å². The topological polar surface area (TPSA) is 87.3 Å². The average molecular weight is 447 g/mol. The zero-order valence-electron chi connectivity index (χ0n) is 19.3. The van der Waals surface area contributed by atoms with Gasteiger partial charge in [0, 0.05) is 30.1 Å². The number of H-pyrrole nitrogens is 1. The molecule has 1 aliphatic rings. The number of carbonyl (C=O) groups excluding carboxylic acids is 2. The highest BCUT2D eigenvalue weighted by Gasteiger charge is 2.26. The smallest absolute Gasteiger partial charge is 0.407 e. The minimum atomic E-state index is -0.520. The molecule has 0 radical (unpaired) electrons. The van der Waals surface area contributed by atoms with Crippen LogP contribution in [0.1, 0.15) is 55.2 Å². The summed E-state index contributed by atoms with van der Waals surface area (Å²) in [6.45, 7) is 6.73. The molecular weight excluding hydrogens is 416 g/mol. The van der Waals surface area contributed by atoms with Crippen LogP contribution < -0.4 is 5.32 Å². The Hall–Kier alpha value is -3.61. The van der Waals surface area contributed by atoms with Crippen molar-refractivity contribution in [3.05, 3.63) is 65.4 Å². The fourth-order valence-electron chi connectivity index (χ4n) is 3.91. The number of aromatic amines is 1. The summed E-state index contributed by atoms with van der Waals surface area (Å²) < 4.78 is 5.32. The number of likely N-dealkylation sites (tertiary alicyclic amines) is 1. The van der Waals surface area contributed by atoms with Gasteiger partial charge in [-0.3, -0.25) is 9.89 Å². The van der Waals surface area contributed by atoms with E-state index in [1.54, 1.807) is 0 Å². The first-order chi connectivity index (χ1) is 15.8. The third-order valence-corrected chi connectivity index (χ3v) is 5.59. The number of fused-ring (bicyclic) bond motifs is 1. The molecule has 2 amide bonds. The number of carbonyl (C=O) groups is 2. The van der Waals surface area contributed by atoms with Gasteiger partial charge in [-0.15, -0.1) is 0 Å². The number of hydrogen-bond donors (Lipinski definition) is 2. The van der Waals surface area contributed by atoms with E-state index in [4.69, 9.17) is 4.74 Å². The van der Waals surface area contributed by atoms with Crippen molar-refractivity contribution in [2.75, 3.05) is 13.1 Å². The van der Waals surface area contributed by atoms with E-state index in [1.807, 2.05) is 86.4 Å². The number of alkyl carbamates (subject to hydrolysis) is 1. The zero-order valence-corrected chi connectivity index (χ0v) is 19.3. The molecule has 2 heterocycles. The molecule has 7 nitrogen and oxygen atoms in total. The molecule has 2 aromatic carbocycles. The van der Waals surface area contributed by atoms with Crippen molar-refractivity contribution < 1.29 is 14.3 Å². The van der Waals surface area contributed by atoms with Crippen LogP contribution in [0.25, 0.3) is 23.1 Å². The van der Waals surface area contributed by atoms with Gasteiger partial charge < -0.3 is 15.0 Å². The quantitative estimate of drug-likeness (QED) is 0.599. The first kappa shape index (κ1) is 22.6. The van der Waals surface area contributed by atoms with E-state index in [0.29, 0.717) is 31.5 Å². The third kappa shape index (κ3) is 5.80. The summed E-state index contributed by atoms with van der Waals surface area (Å²) in [6, 6.07) is 15.6. The van der Waals surface area contributed by atoms with Gasteiger partial charge >= 0.3 is 6.09 Å². The molecule has 0 bridgehead atoms. The van der Waals surface area contributed by atoms with Crippen molar-refractivity contribution in [1.29, 1.82) is 0 Å². The number of rotatable bonds is 4. The SMILES string of the molecule is CC(C)(C)OC(=O)NC1CCN(C(=O)c2ccc(C=Cc3n[nH]c4ccccc34)cc2)CC1. The Morgan fingerprint density at radius 1 is 1.06 bits per heavy atom. The third-order valence-electron chi connectivity index (χ3n) is 5.59. The fraction of sp³-hybridized carbons (Fsp3) is 0.346. The molecule has 0 aliphatic carbocycles. The summed E-state index contributed by atoms with van der Waals surface area (Å²) in [7, 11) is 0. The Kier molecular flexibility index (Phi) is 6.49. The minimum Gasteiger partial charge on any atom is -0.444 e. The maximum Gasteiger partial charge on any atom is 0.407 e. The molecule has 4 rings (SSSR count). The highest BCUT2D eigenvalue weighted by atomic mass is 16.6. The largest absolute Gasteiger partial charge is 0.444 e. The Balaban J connectivity index is 1.31. The molecule has 2 N–H and O–H groups in total.